The molecule has 0 unspecified atom stereocenters. The number of amides is 3. The fourth-order valence-electron chi connectivity index (χ4n) is 0.875. The van der Waals surface area contributed by atoms with E-state index in [0.29, 0.717) is 0 Å². The largest absolute Gasteiger partial charge is 0.370 e. The zero-order chi connectivity index (χ0) is 12.0. The SMILES string of the molecule is C[C@H](N)C(=O)N[C@H](CCC(N)=O)C(N)=O. The van der Waals surface area contributed by atoms with Gasteiger partial charge in [-0.3, -0.25) is 14.4 Å². The highest BCUT2D eigenvalue weighted by Crippen LogP contribution is 1.96. The number of rotatable bonds is 6. The van der Waals surface area contributed by atoms with E-state index in [1.807, 2.05) is 0 Å². The lowest BCUT2D eigenvalue weighted by Crippen LogP contribution is -2.49. The molecule has 0 bridgehead atoms. The molecule has 0 aromatic rings. The average Bonchev–Trinajstić information content (AvgIpc) is 2.10. The number of hydrogen-bond donors (Lipinski definition) is 4. The summed E-state index contributed by atoms with van der Waals surface area (Å²) < 4.78 is 0. The molecule has 3 amide bonds. The van der Waals surface area contributed by atoms with Crippen molar-refractivity contribution in [1.29, 1.82) is 0 Å². The van der Waals surface area contributed by atoms with Gasteiger partial charge in [-0.25, -0.2) is 0 Å². The predicted octanol–water partition coefficient (Wildman–Crippen LogP) is -2.43. The van der Waals surface area contributed by atoms with Crippen molar-refractivity contribution >= 4 is 17.7 Å². The summed E-state index contributed by atoms with van der Waals surface area (Å²) >= 11 is 0. The Hall–Kier alpha value is -1.63. The summed E-state index contributed by atoms with van der Waals surface area (Å²) in [6.07, 6.45) is 0.0654. The van der Waals surface area contributed by atoms with Crippen LogP contribution in [0.15, 0.2) is 0 Å². The van der Waals surface area contributed by atoms with Crippen LogP contribution in [0, 0.1) is 0 Å². The van der Waals surface area contributed by atoms with Crippen LogP contribution in [0.4, 0.5) is 0 Å². The van der Waals surface area contributed by atoms with Gasteiger partial charge in [-0.15, -0.1) is 0 Å². The first kappa shape index (κ1) is 13.4. The molecule has 0 spiro atoms. The summed E-state index contributed by atoms with van der Waals surface area (Å²) in [5.41, 5.74) is 15.2. The summed E-state index contributed by atoms with van der Waals surface area (Å²) in [4.78, 5) is 32.5. The molecule has 0 fully saturated rings. The van der Waals surface area contributed by atoms with Gasteiger partial charge in [0.1, 0.15) is 6.04 Å². The molecular formula is C8H16N4O3. The maximum Gasteiger partial charge on any atom is 0.240 e. The highest BCUT2D eigenvalue weighted by Gasteiger charge is 2.20. The van der Waals surface area contributed by atoms with Gasteiger partial charge in [-0.1, -0.05) is 0 Å². The van der Waals surface area contributed by atoms with Gasteiger partial charge < -0.3 is 22.5 Å². The zero-order valence-electron chi connectivity index (χ0n) is 8.53. The van der Waals surface area contributed by atoms with Gasteiger partial charge in [-0.05, 0) is 13.3 Å². The summed E-state index contributed by atoms with van der Waals surface area (Å²) in [5, 5.41) is 2.33. The van der Waals surface area contributed by atoms with E-state index >= 15 is 0 Å². The molecule has 0 rings (SSSR count). The molecule has 0 aromatic heterocycles. The van der Waals surface area contributed by atoms with Crippen molar-refractivity contribution in [3.05, 3.63) is 0 Å². The summed E-state index contributed by atoms with van der Waals surface area (Å²) in [5.74, 6) is -1.77. The fraction of sp³-hybridized carbons (Fsp3) is 0.625. The topological polar surface area (TPSA) is 141 Å². The number of hydrogen-bond acceptors (Lipinski definition) is 4. The molecule has 0 saturated carbocycles. The van der Waals surface area contributed by atoms with Gasteiger partial charge in [0, 0.05) is 6.42 Å². The average molecular weight is 216 g/mol. The second kappa shape index (κ2) is 5.97. The molecule has 7 heteroatoms. The van der Waals surface area contributed by atoms with E-state index in [1.165, 1.54) is 6.92 Å². The Bertz CT molecular complexity index is 265. The Morgan fingerprint density at radius 3 is 2.13 bits per heavy atom. The van der Waals surface area contributed by atoms with E-state index in [1.54, 1.807) is 0 Å². The maximum atomic E-state index is 11.1. The number of nitrogens with two attached hydrogens (primary N) is 3. The van der Waals surface area contributed by atoms with E-state index < -0.39 is 29.8 Å². The van der Waals surface area contributed by atoms with E-state index in [0.717, 1.165) is 0 Å². The van der Waals surface area contributed by atoms with Gasteiger partial charge in [0.25, 0.3) is 0 Å². The van der Waals surface area contributed by atoms with E-state index in [4.69, 9.17) is 17.2 Å². The summed E-state index contributed by atoms with van der Waals surface area (Å²) in [6.45, 7) is 1.47. The molecule has 0 aliphatic carbocycles. The molecule has 0 aliphatic rings. The number of primary amides is 2. The van der Waals surface area contributed by atoms with Crippen molar-refractivity contribution < 1.29 is 14.4 Å². The lowest BCUT2D eigenvalue weighted by Gasteiger charge is -2.15. The van der Waals surface area contributed by atoms with Crippen LogP contribution < -0.4 is 22.5 Å². The summed E-state index contributed by atoms with van der Waals surface area (Å²) in [7, 11) is 0. The van der Waals surface area contributed by atoms with Crippen LogP contribution >= 0.6 is 0 Å². The third-order valence-corrected chi connectivity index (χ3v) is 1.75. The molecule has 0 saturated heterocycles. The fourth-order valence-corrected chi connectivity index (χ4v) is 0.875. The Balaban J connectivity index is 4.22. The van der Waals surface area contributed by atoms with Crippen molar-refractivity contribution in [2.75, 3.05) is 0 Å². The Labute approximate surface area is 87.3 Å². The molecule has 15 heavy (non-hydrogen) atoms. The molecule has 0 radical (unpaired) electrons. The molecular weight excluding hydrogens is 200 g/mol. The Kier molecular flexibility index (Phi) is 5.32. The third kappa shape index (κ3) is 5.63. The second-order valence-electron chi connectivity index (χ2n) is 3.26. The highest BCUT2D eigenvalue weighted by molar-refractivity contribution is 5.89. The molecule has 0 heterocycles. The van der Waals surface area contributed by atoms with Gasteiger partial charge in [0.15, 0.2) is 0 Å². The van der Waals surface area contributed by atoms with E-state index in [2.05, 4.69) is 5.32 Å². The second-order valence-corrected chi connectivity index (χ2v) is 3.26. The zero-order valence-corrected chi connectivity index (χ0v) is 8.53. The minimum absolute atomic E-state index is 0.0210. The van der Waals surface area contributed by atoms with Crippen molar-refractivity contribution in [2.45, 2.75) is 31.8 Å². The van der Waals surface area contributed by atoms with Crippen LogP contribution in [-0.2, 0) is 14.4 Å². The summed E-state index contributed by atoms with van der Waals surface area (Å²) in [6, 6.07) is -1.64. The van der Waals surface area contributed by atoms with Gasteiger partial charge in [0.2, 0.25) is 17.7 Å². The van der Waals surface area contributed by atoms with Crippen LogP contribution in [0.2, 0.25) is 0 Å². The number of nitrogens with one attached hydrogen (secondary N) is 1. The molecule has 7 nitrogen and oxygen atoms in total. The molecule has 0 aliphatic heterocycles. The van der Waals surface area contributed by atoms with Gasteiger partial charge in [0.05, 0.1) is 6.04 Å². The molecule has 86 valence electrons. The van der Waals surface area contributed by atoms with Crippen molar-refractivity contribution in [2.24, 2.45) is 17.2 Å². The predicted molar refractivity (Wildman–Crippen MR) is 53.2 cm³/mol. The normalized spacial score (nSPS) is 14.0. The third-order valence-electron chi connectivity index (χ3n) is 1.75. The number of carbonyl (C=O) groups is 3. The van der Waals surface area contributed by atoms with Crippen LogP contribution in [-0.4, -0.2) is 29.8 Å². The Morgan fingerprint density at radius 2 is 1.80 bits per heavy atom. The first-order valence-corrected chi connectivity index (χ1v) is 4.48. The van der Waals surface area contributed by atoms with Crippen LogP contribution in [0.25, 0.3) is 0 Å². The highest BCUT2D eigenvalue weighted by atomic mass is 16.2. The lowest BCUT2D eigenvalue weighted by molar-refractivity contribution is -0.128. The van der Waals surface area contributed by atoms with Crippen LogP contribution in [0.5, 0.6) is 0 Å². The molecule has 2 atom stereocenters. The van der Waals surface area contributed by atoms with E-state index in [9.17, 15) is 14.4 Å². The first-order valence-electron chi connectivity index (χ1n) is 4.48. The van der Waals surface area contributed by atoms with Gasteiger partial charge in [-0.2, -0.15) is 0 Å². The van der Waals surface area contributed by atoms with Crippen molar-refractivity contribution in [3.8, 4) is 0 Å². The van der Waals surface area contributed by atoms with Crippen LogP contribution in [0.1, 0.15) is 19.8 Å². The molecule has 0 aromatic carbocycles. The van der Waals surface area contributed by atoms with Crippen molar-refractivity contribution in [1.82, 2.24) is 5.32 Å². The monoisotopic (exact) mass is 216 g/mol. The minimum atomic E-state index is -0.906. The minimum Gasteiger partial charge on any atom is -0.370 e. The standard InChI is InChI=1S/C8H16N4O3/c1-4(9)8(15)12-5(7(11)14)2-3-6(10)13/h4-5H,2-3,9H2,1H3,(H2,10,13)(H2,11,14)(H,12,15)/t4-,5+/m0/s1. The smallest absolute Gasteiger partial charge is 0.240 e. The van der Waals surface area contributed by atoms with Crippen LogP contribution in [0.3, 0.4) is 0 Å². The van der Waals surface area contributed by atoms with Crippen molar-refractivity contribution in [3.63, 3.8) is 0 Å². The Morgan fingerprint density at radius 1 is 1.27 bits per heavy atom. The first-order chi connectivity index (χ1) is 6.84. The number of carbonyl (C=O) groups excluding carboxylic acids is 3. The quantitative estimate of drug-likeness (QED) is 0.391. The maximum absolute atomic E-state index is 11.1. The molecule has 7 N–H and O–H groups in total. The van der Waals surface area contributed by atoms with Gasteiger partial charge >= 0.3 is 0 Å². The lowest BCUT2D eigenvalue weighted by atomic mass is 10.1. The van der Waals surface area contributed by atoms with E-state index in [-0.39, 0.29) is 12.8 Å².